The van der Waals surface area contributed by atoms with Crippen LogP contribution in [0.2, 0.25) is 0 Å². The Morgan fingerprint density at radius 1 is 1.02 bits per heavy atom. The van der Waals surface area contributed by atoms with Crippen LogP contribution in [0, 0.1) is 0 Å². The van der Waals surface area contributed by atoms with E-state index in [1.807, 2.05) is 91.2 Å². The molecular formula is C32H30N2O4S2. The monoisotopic (exact) mass is 570 g/mol. The maximum atomic E-state index is 14.0. The molecule has 3 aromatic carbocycles. The first-order valence-electron chi connectivity index (χ1n) is 13.2. The molecule has 0 fully saturated rings. The molecule has 2 heterocycles. The number of fused-ring (bicyclic) bond motifs is 1. The van der Waals surface area contributed by atoms with E-state index in [1.165, 1.54) is 11.3 Å². The quantitative estimate of drug-likeness (QED) is 0.198. The van der Waals surface area contributed by atoms with Crippen LogP contribution in [0.3, 0.4) is 0 Å². The number of ether oxygens (including phenoxy) is 2. The minimum absolute atomic E-state index is 0.206. The Labute approximate surface area is 241 Å². The zero-order valence-corrected chi connectivity index (χ0v) is 24.3. The van der Waals surface area contributed by atoms with Crippen LogP contribution in [-0.4, -0.2) is 30.0 Å². The molecule has 0 saturated carbocycles. The molecule has 1 atom stereocenters. The molecule has 0 aliphatic carbocycles. The zero-order chi connectivity index (χ0) is 28.1. The van der Waals surface area contributed by atoms with Gasteiger partial charge in [-0.25, -0.2) is 9.79 Å². The van der Waals surface area contributed by atoms with Crippen molar-refractivity contribution in [3.63, 3.8) is 0 Å². The van der Waals surface area contributed by atoms with Crippen molar-refractivity contribution in [1.29, 1.82) is 0 Å². The Morgan fingerprint density at radius 2 is 1.75 bits per heavy atom. The predicted molar refractivity (Wildman–Crippen MR) is 162 cm³/mol. The van der Waals surface area contributed by atoms with Gasteiger partial charge in [0.1, 0.15) is 5.75 Å². The van der Waals surface area contributed by atoms with Gasteiger partial charge in [0, 0.05) is 10.5 Å². The summed E-state index contributed by atoms with van der Waals surface area (Å²) >= 11 is 2.95. The van der Waals surface area contributed by atoms with E-state index in [4.69, 9.17) is 14.5 Å². The van der Waals surface area contributed by atoms with Gasteiger partial charge >= 0.3 is 5.97 Å². The molecule has 8 heteroatoms. The molecule has 0 spiro atoms. The van der Waals surface area contributed by atoms with Crippen molar-refractivity contribution in [3.05, 3.63) is 121 Å². The summed E-state index contributed by atoms with van der Waals surface area (Å²) in [6.07, 6.45) is 4.80. The second kappa shape index (κ2) is 12.5. The topological polar surface area (TPSA) is 69.9 Å². The molecule has 1 aliphatic heterocycles. The van der Waals surface area contributed by atoms with Gasteiger partial charge in [0.05, 0.1) is 35.1 Å². The first kappa shape index (κ1) is 27.7. The van der Waals surface area contributed by atoms with Crippen LogP contribution in [0.5, 0.6) is 5.75 Å². The molecule has 0 bridgehead atoms. The maximum absolute atomic E-state index is 14.0. The van der Waals surface area contributed by atoms with Crippen LogP contribution in [0.15, 0.2) is 99.1 Å². The summed E-state index contributed by atoms with van der Waals surface area (Å²) in [5.74, 6) is 0.307. The van der Waals surface area contributed by atoms with Gasteiger partial charge in [0.15, 0.2) is 4.80 Å². The zero-order valence-electron chi connectivity index (χ0n) is 22.6. The SMILES string of the molecule is CCCOc1ccc(/C=c2\sc3n(c2=O)[C@@H](c2ccc(SC)cc2)C(C(=O)OCC)=C(c2ccccc2)N=3)cc1. The van der Waals surface area contributed by atoms with Gasteiger partial charge in [-0.05, 0) is 61.1 Å². The molecule has 204 valence electrons. The summed E-state index contributed by atoms with van der Waals surface area (Å²) in [5, 5.41) is 0. The summed E-state index contributed by atoms with van der Waals surface area (Å²) in [5.41, 5.74) is 3.14. The molecule has 1 aliphatic rings. The van der Waals surface area contributed by atoms with Crippen molar-refractivity contribution in [2.75, 3.05) is 19.5 Å². The number of thiazole rings is 1. The first-order chi connectivity index (χ1) is 19.5. The molecule has 0 N–H and O–H groups in total. The number of carbonyl (C=O) groups is 1. The molecule has 1 aromatic heterocycles. The molecule has 0 unspecified atom stereocenters. The molecule has 4 aromatic rings. The van der Waals surface area contributed by atoms with Crippen LogP contribution >= 0.6 is 23.1 Å². The number of hydrogen-bond acceptors (Lipinski definition) is 7. The van der Waals surface area contributed by atoms with E-state index in [2.05, 4.69) is 6.92 Å². The molecule has 5 rings (SSSR count). The van der Waals surface area contributed by atoms with Crippen LogP contribution in [-0.2, 0) is 9.53 Å². The van der Waals surface area contributed by atoms with Gasteiger partial charge < -0.3 is 9.47 Å². The molecule has 40 heavy (non-hydrogen) atoms. The summed E-state index contributed by atoms with van der Waals surface area (Å²) in [4.78, 5) is 34.0. The number of esters is 1. The minimum Gasteiger partial charge on any atom is -0.494 e. The summed E-state index contributed by atoms with van der Waals surface area (Å²) in [6, 6.07) is 24.5. The highest BCUT2D eigenvalue weighted by Crippen LogP contribution is 2.35. The Hall–Kier alpha value is -3.88. The summed E-state index contributed by atoms with van der Waals surface area (Å²) in [6.45, 7) is 4.71. The fourth-order valence-corrected chi connectivity index (χ4v) is 5.98. The average Bonchev–Trinajstić information content (AvgIpc) is 3.30. The van der Waals surface area contributed by atoms with E-state index < -0.39 is 12.0 Å². The van der Waals surface area contributed by atoms with Crippen LogP contribution in [0.25, 0.3) is 11.8 Å². The second-order valence-corrected chi connectivity index (χ2v) is 11.0. The second-order valence-electron chi connectivity index (χ2n) is 9.12. The van der Waals surface area contributed by atoms with Gasteiger partial charge in [-0.15, -0.1) is 11.8 Å². The van der Waals surface area contributed by atoms with Gasteiger partial charge in [-0.2, -0.15) is 0 Å². The standard InChI is InChI=1S/C32H30N2O4S2/c1-4-19-38-24-15-11-21(12-16-24)20-26-30(35)34-29(23-13-17-25(39-3)18-14-23)27(31(36)37-5-2)28(33-32(34)40-26)22-9-7-6-8-10-22/h6-18,20,29H,4-5,19H2,1-3H3/b26-20-/t29-/m0/s1. The number of benzene rings is 3. The average molecular weight is 571 g/mol. The highest BCUT2D eigenvalue weighted by Gasteiger charge is 2.35. The van der Waals surface area contributed by atoms with Crippen molar-refractivity contribution >= 4 is 40.8 Å². The van der Waals surface area contributed by atoms with Gasteiger partial charge in [0.2, 0.25) is 0 Å². The molecule has 0 radical (unpaired) electrons. The lowest BCUT2D eigenvalue weighted by Crippen LogP contribution is -2.40. The highest BCUT2D eigenvalue weighted by atomic mass is 32.2. The molecule has 6 nitrogen and oxygen atoms in total. The third-order valence-corrected chi connectivity index (χ3v) is 8.18. The Morgan fingerprint density at radius 3 is 2.40 bits per heavy atom. The van der Waals surface area contributed by atoms with Crippen LogP contribution in [0.4, 0.5) is 0 Å². The summed E-state index contributed by atoms with van der Waals surface area (Å²) in [7, 11) is 0. The van der Waals surface area contributed by atoms with E-state index in [1.54, 1.807) is 23.3 Å². The predicted octanol–water partition coefficient (Wildman–Crippen LogP) is 5.45. The Kier molecular flexibility index (Phi) is 8.67. The lowest BCUT2D eigenvalue weighted by atomic mass is 9.93. The number of rotatable bonds is 9. The van der Waals surface area contributed by atoms with Gasteiger partial charge in [-0.1, -0.05) is 72.9 Å². The maximum Gasteiger partial charge on any atom is 0.338 e. The third kappa shape index (κ3) is 5.69. The van der Waals surface area contributed by atoms with E-state index in [0.717, 1.165) is 33.8 Å². The lowest BCUT2D eigenvalue weighted by Gasteiger charge is -2.26. The van der Waals surface area contributed by atoms with Crippen molar-refractivity contribution < 1.29 is 14.3 Å². The van der Waals surface area contributed by atoms with E-state index in [9.17, 15) is 9.59 Å². The minimum atomic E-state index is -0.687. The van der Waals surface area contributed by atoms with Crippen molar-refractivity contribution in [2.24, 2.45) is 4.99 Å². The number of aromatic nitrogens is 1. The fourth-order valence-electron chi connectivity index (χ4n) is 4.57. The number of carbonyl (C=O) groups excluding carboxylic acids is 1. The van der Waals surface area contributed by atoms with Crippen molar-refractivity contribution in [1.82, 2.24) is 4.57 Å². The van der Waals surface area contributed by atoms with Crippen molar-refractivity contribution in [2.45, 2.75) is 31.2 Å². The molecule has 0 saturated heterocycles. The fraction of sp³-hybridized carbons (Fsp3) is 0.219. The Balaban J connectivity index is 1.72. The smallest absolute Gasteiger partial charge is 0.338 e. The normalized spacial score (nSPS) is 15.0. The number of nitrogens with zero attached hydrogens (tertiary/aromatic N) is 2. The number of thioether (sulfide) groups is 1. The van der Waals surface area contributed by atoms with Gasteiger partial charge in [0.25, 0.3) is 5.56 Å². The van der Waals surface area contributed by atoms with Crippen LogP contribution < -0.4 is 19.6 Å². The van der Waals surface area contributed by atoms with Crippen molar-refractivity contribution in [3.8, 4) is 5.75 Å². The lowest BCUT2D eigenvalue weighted by molar-refractivity contribution is -0.138. The largest absolute Gasteiger partial charge is 0.494 e. The first-order valence-corrected chi connectivity index (χ1v) is 15.2. The van der Waals surface area contributed by atoms with E-state index in [0.29, 0.717) is 27.2 Å². The van der Waals surface area contributed by atoms with E-state index >= 15 is 0 Å². The summed E-state index contributed by atoms with van der Waals surface area (Å²) < 4.78 is 13.4. The Bertz CT molecular complexity index is 1700. The molecule has 0 amide bonds. The number of hydrogen-bond donors (Lipinski definition) is 0. The third-order valence-electron chi connectivity index (χ3n) is 6.46. The van der Waals surface area contributed by atoms with Crippen LogP contribution in [0.1, 0.15) is 43.0 Å². The van der Waals surface area contributed by atoms with E-state index in [-0.39, 0.29) is 12.2 Å². The van der Waals surface area contributed by atoms with Gasteiger partial charge in [-0.3, -0.25) is 9.36 Å². The highest BCUT2D eigenvalue weighted by molar-refractivity contribution is 7.98. The molecular weight excluding hydrogens is 540 g/mol.